The van der Waals surface area contributed by atoms with E-state index in [0.717, 1.165) is 134 Å². The number of Topliss-reactive ketones (excluding diaryl/α,β-unsaturated/α-hetero) is 3. The lowest BCUT2D eigenvalue weighted by Crippen LogP contribution is -2.52. The molecule has 0 radical (unpaired) electrons. The second kappa shape index (κ2) is 18.4. The first kappa shape index (κ1) is 52.7. The van der Waals surface area contributed by atoms with E-state index in [1.807, 2.05) is 24.3 Å². The van der Waals surface area contributed by atoms with Gasteiger partial charge >= 0.3 is 0 Å². The molecule has 0 amide bonds. The van der Waals surface area contributed by atoms with Gasteiger partial charge in [-0.2, -0.15) is 0 Å². The average Bonchev–Trinajstić information content (AvgIpc) is 3.99. The second-order valence-corrected chi connectivity index (χ2v) is 28.9. The number of terminal acetylenes is 1. The molecule has 18 atom stereocenters. The normalized spacial score (nSPS) is 49.4. The zero-order valence-electron chi connectivity index (χ0n) is 46.4. The van der Waals surface area contributed by atoms with Crippen LogP contribution in [-0.4, -0.2) is 43.9 Å². The van der Waals surface area contributed by atoms with Gasteiger partial charge in [-0.05, 0) is 203 Å². The quantitative estimate of drug-likeness (QED) is 0.205. The van der Waals surface area contributed by atoms with Crippen molar-refractivity contribution in [2.24, 2.45) is 85.8 Å². The first-order valence-electron chi connectivity index (χ1n) is 30.0. The summed E-state index contributed by atoms with van der Waals surface area (Å²) < 4.78 is 0. The highest BCUT2D eigenvalue weighted by Gasteiger charge is 2.63. The molecule has 0 aliphatic heterocycles. The molecule has 0 heterocycles. The molecule has 12 aliphatic carbocycles. The van der Waals surface area contributed by atoms with Gasteiger partial charge in [-0.1, -0.05) is 119 Å². The third-order valence-corrected chi connectivity index (χ3v) is 25.8. The first-order chi connectivity index (χ1) is 35.0. The first-order valence-corrected chi connectivity index (χ1v) is 30.0. The molecular formula is C68H92O6. The summed E-state index contributed by atoms with van der Waals surface area (Å²) in [6.07, 6.45) is 38.9. The monoisotopic (exact) mass is 1000 g/mol. The van der Waals surface area contributed by atoms with Crippen molar-refractivity contribution in [2.75, 3.05) is 0 Å². The van der Waals surface area contributed by atoms with E-state index in [0.29, 0.717) is 89.9 Å². The van der Waals surface area contributed by atoms with Gasteiger partial charge in [0, 0.05) is 48.3 Å². The third-order valence-electron chi connectivity index (χ3n) is 25.8. The fourth-order valence-electron chi connectivity index (χ4n) is 20.9. The number of carbonyl (C=O) groups is 3. The van der Waals surface area contributed by atoms with E-state index in [2.05, 4.69) is 84.4 Å². The van der Waals surface area contributed by atoms with E-state index < -0.39 is 16.8 Å². The van der Waals surface area contributed by atoms with Gasteiger partial charge in [0.2, 0.25) is 0 Å². The number of carbonyl (C=O) groups excluding carboxylic acids is 3. The van der Waals surface area contributed by atoms with Crippen LogP contribution in [0, 0.1) is 98.1 Å². The highest BCUT2D eigenvalue weighted by molar-refractivity contribution is 5.88. The van der Waals surface area contributed by atoms with Crippen LogP contribution >= 0.6 is 0 Å². The van der Waals surface area contributed by atoms with Crippen LogP contribution in [0.5, 0.6) is 0 Å². The highest BCUT2D eigenvalue weighted by Crippen LogP contribution is 2.68. The largest absolute Gasteiger partial charge is 0.389 e. The van der Waals surface area contributed by atoms with E-state index >= 15 is 0 Å². The molecule has 18 unspecified atom stereocenters. The number of aliphatic hydroxyl groups is 3. The summed E-state index contributed by atoms with van der Waals surface area (Å²) in [5.74, 6) is 9.93. The van der Waals surface area contributed by atoms with Crippen molar-refractivity contribution in [1.29, 1.82) is 0 Å². The zero-order chi connectivity index (χ0) is 52.5. The summed E-state index contributed by atoms with van der Waals surface area (Å²) in [4.78, 5) is 37.4. The molecule has 13 rings (SSSR count). The maximum Gasteiger partial charge on any atom is 0.139 e. The van der Waals surface area contributed by atoms with Crippen LogP contribution < -0.4 is 0 Å². The maximum absolute atomic E-state index is 12.6. The Labute approximate surface area is 445 Å². The maximum atomic E-state index is 12.6. The van der Waals surface area contributed by atoms with Gasteiger partial charge in [0.1, 0.15) is 23.0 Å². The van der Waals surface area contributed by atoms with Crippen molar-refractivity contribution in [3.63, 3.8) is 0 Å². The fourth-order valence-corrected chi connectivity index (χ4v) is 20.9. The molecule has 3 N–H and O–H groups in total. The molecule has 1 aromatic carbocycles. The van der Waals surface area contributed by atoms with Gasteiger partial charge in [0.05, 0.1) is 11.2 Å². The Morgan fingerprint density at radius 1 is 0.514 bits per heavy atom. The topological polar surface area (TPSA) is 112 Å². The minimum atomic E-state index is -0.940. The number of fused-ring (bicyclic) bond motifs is 15. The Morgan fingerprint density at radius 3 is 1.34 bits per heavy atom. The van der Waals surface area contributed by atoms with Crippen LogP contribution in [0.4, 0.5) is 0 Å². The molecule has 9 fully saturated rings. The van der Waals surface area contributed by atoms with E-state index in [-0.39, 0.29) is 32.5 Å². The summed E-state index contributed by atoms with van der Waals surface area (Å²) in [6, 6.07) is 10.2. The van der Waals surface area contributed by atoms with Crippen molar-refractivity contribution >= 4 is 17.3 Å². The minimum Gasteiger partial charge on any atom is -0.389 e. The molecule has 6 heteroatoms. The van der Waals surface area contributed by atoms with Gasteiger partial charge in [0.25, 0.3) is 0 Å². The molecule has 400 valence electrons. The molecule has 1 aromatic rings. The van der Waals surface area contributed by atoms with Gasteiger partial charge in [-0.15, -0.1) is 13.0 Å². The van der Waals surface area contributed by atoms with Crippen LogP contribution in [0.15, 0.2) is 77.9 Å². The zero-order valence-corrected chi connectivity index (χ0v) is 46.4. The molecule has 6 nitrogen and oxygen atoms in total. The predicted molar refractivity (Wildman–Crippen MR) is 294 cm³/mol. The lowest BCUT2D eigenvalue weighted by Gasteiger charge is -2.58. The lowest BCUT2D eigenvalue weighted by atomic mass is 9.47. The molecule has 74 heavy (non-hydrogen) atoms. The predicted octanol–water partition coefficient (Wildman–Crippen LogP) is 14.1. The van der Waals surface area contributed by atoms with Crippen molar-refractivity contribution in [3.05, 3.63) is 83.5 Å². The van der Waals surface area contributed by atoms with Crippen molar-refractivity contribution in [1.82, 2.24) is 0 Å². The third kappa shape index (κ3) is 8.04. The average molecular weight is 1010 g/mol. The Bertz CT molecular complexity index is 2580. The van der Waals surface area contributed by atoms with Crippen molar-refractivity contribution in [3.8, 4) is 12.3 Å². The molecule has 12 aliphatic rings. The van der Waals surface area contributed by atoms with Gasteiger partial charge in [-0.3, -0.25) is 14.4 Å². The van der Waals surface area contributed by atoms with Crippen molar-refractivity contribution < 1.29 is 29.7 Å². The number of rotatable bonds is 3. The van der Waals surface area contributed by atoms with Crippen LogP contribution in [0.2, 0.25) is 0 Å². The number of ketones is 3. The molecule has 0 spiro atoms. The number of benzene rings is 1. The van der Waals surface area contributed by atoms with Gasteiger partial charge < -0.3 is 15.3 Å². The fraction of sp³-hybridized carbons (Fsp3) is 0.721. The van der Waals surface area contributed by atoms with E-state index in [9.17, 15) is 29.7 Å². The Balaban J connectivity index is 0.000000120. The molecule has 0 saturated heterocycles. The van der Waals surface area contributed by atoms with Gasteiger partial charge in [-0.25, -0.2) is 0 Å². The second-order valence-electron chi connectivity index (χ2n) is 28.9. The molecule has 0 aromatic heterocycles. The Hall–Kier alpha value is -3.37. The van der Waals surface area contributed by atoms with Crippen LogP contribution in [-0.2, 0) is 20.0 Å². The summed E-state index contributed by atoms with van der Waals surface area (Å²) in [5, 5.41) is 32.9. The SMILES string of the molecule is C#CC1(O)CCC2(C)C(=CCC3C4CCC(=O)C4(C)CCC32)C1.C=CCC1(O)CCC2(C)C(=CCC3C4CCC(=O)C4(C)CCC32)C1.CC12CCC3C(CC=C4CC(O)(c5ccccc5)CCC43C)C1CCC2=O. The summed E-state index contributed by atoms with van der Waals surface area (Å²) in [5.41, 5.74) is 3.66. The number of hydrogen-bond acceptors (Lipinski definition) is 6. The summed E-state index contributed by atoms with van der Waals surface area (Å²) in [7, 11) is 0. The lowest BCUT2D eigenvalue weighted by molar-refractivity contribution is -0.133. The van der Waals surface area contributed by atoms with Crippen LogP contribution in [0.25, 0.3) is 0 Å². The Kier molecular flexibility index (Phi) is 13.1. The molecule has 0 bridgehead atoms. The van der Waals surface area contributed by atoms with E-state index in [1.54, 1.807) is 0 Å². The molecular weight excluding hydrogens is 913 g/mol. The van der Waals surface area contributed by atoms with Gasteiger partial charge in [0.15, 0.2) is 0 Å². The van der Waals surface area contributed by atoms with Crippen molar-refractivity contribution in [2.45, 2.75) is 219 Å². The highest BCUT2D eigenvalue weighted by atomic mass is 16.3. The Morgan fingerprint density at radius 2 is 0.905 bits per heavy atom. The number of allylic oxidation sites excluding steroid dienone is 3. The summed E-state index contributed by atoms with van der Waals surface area (Å²) >= 11 is 0. The van der Waals surface area contributed by atoms with Crippen LogP contribution in [0.3, 0.4) is 0 Å². The summed E-state index contributed by atoms with van der Waals surface area (Å²) in [6.45, 7) is 17.8. The standard InChI is InChI=1S/C25H32O2.C22H32O2.C21H28O2/c1-23-14-15-25(27,17-6-4-3-5-7-17)16-18(23)8-9-19-20-10-11-22(26)24(20,2)13-12-21(19)23;1-4-10-22(24)13-12-20(2)15(14-22)5-6-16-17-7-8-19(23)21(17,3)11-9-18(16)20;1-4-21(23)12-11-19(2)14(13-21)5-6-15-16-7-8-18(22)20(16,3)10-9-17(15)19/h3-8,19-21,27H,9-16H2,1-2H3;4-5,16-18,24H,1,6-14H2,2-3H3;1,5,15-17,23H,6-13H2,2-3H3. The minimum absolute atomic E-state index is 0.0406. The number of hydrogen-bond donors (Lipinski definition) is 3. The molecule has 9 saturated carbocycles. The van der Waals surface area contributed by atoms with E-state index in [1.165, 1.54) is 29.6 Å². The smallest absolute Gasteiger partial charge is 0.139 e. The van der Waals surface area contributed by atoms with Crippen LogP contribution in [0.1, 0.15) is 208 Å². The van der Waals surface area contributed by atoms with E-state index in [4.69, 9.17) is 6.42 Å².